The summed E-state index contributed by atoms with van der Waals surface area (Å²) in [5, 5.41) is 0. The Kier molecular flexibility index (Phi) is 14.2. The number of rotatable bonds is 10. The number of Topliss-reactive ketones (excluding diaryl/α,β-unsaturated/α-hetero) is 1. The molecule has 0 saturated heterocycles. The molecule has 0 aliphatic rings. The van der Waals surface area contributed by atoms with E-state index in [1.807, 2.05) is 47.3 Å². The van der Waals surface area contributed by atoms with Crippen LogP contribution in [0.25, 0.3) is 0 Å². The van der Waals surface area contributed by atoms with Crippen molar-refractivity contribution in [2.45, 2.75) is 32.7 Å². The highest BCUT2D eigenvalue weighted by Crippen LogP contribution is 2.30. The number of carbonyl (C=O) groups is 1. The Bertz CT molecular complexity index is 2440. The SMILES string of the molecule is CCCCc1cncc[n+]1CC(=O)c1ccccc1.Fc1c(F)c(F)c([B-](c2c(F)c(F)c(F)c(F)c2F)(c2c(F)c(F)c(F)c(F)c2F)c2c(F)c(F)c(F)c(F)c2F)c(F)c1F. The summed E-state index contributed by atoms with van der Waals surface area (Å²) in [6, 6.07) is 9.42. The molecule has 1 aromatic heterocycles. The van der Waals surface area contributed by atoms with Crippen molar-refractivity contribution in [3.63, 3.8) is 0 Å². The van der Waals surface area contributed by atoms with Crippen molar-refractivity contribution < 1.29 is 97.2 Å². The minimum Gasteiger partial charge on any atom is -0.287 e. The van der Waals surface area contributed by atoms with E-state index < -0.39 is 144 Å². The minimum atomic E-state index is -7.22. The number of aromatic nitrogens is 2. The maximum atomic E-state index is 15.4. The second-order valence-corrected chi connectivity index (χ2v) is 13.4. The van der Waals surface area contributed by atoms with Crippen LogP contribution in [0.2, 0.25) is 0 Å². The van der Waals surface area contributed by atoms with Gasteiger partial charge < -0.3 is 0 Å². The van der Waals surface area contributed by atoms with Crippen molar-refractivity contribution in [3.8, 4) is 0 Å². The molecule has 0 amide bonds. The minimum absolute atomic E-state index is 0.134. The van der Waals surface area contributed by atoms with Gasteiger partial charge in [0.1, 0.15) is 52.7 Å². The van der Waals surface area contributed by atoms with Crippen molar-refractivity contribution in [1.29, 1.82) is 0 Å². The molecule has 0 N–H and O–H groups in total. The van der Waals surface area contributed by atoms with E-state index in [0.29, 0.717) is 6.54 Å². The molecule has 1 heterocycles. The predicted octanol–water partition coefficient (Wildman–Crippen LogP) is 8.44. The average molecular weight is 934 g/mol. The van der Waals surface area contributed by atoms with Crippen LogP contribution in [0.3, 0.4) is 0 Å². The zero-order chi connectivity index (χ0) is 47.9. The lowest BCUT2D eigenvalue weighted by molar-refractivity contribution is -0.691. The molecule has 0 saturated carbocycles. The summed E-state index contributed by atoms with van der Waals surface area (Å²) in [5.41, 5.74) is -12.5. The molecule has 3 nitrogen and oxygen atoms in total. The second-order valence-electron chi connectivity index (χ2n) is 13.4. The van der Waals surface area contributed by atoms with Crippen LogP contribution >= 0.6 is 0 Å². The molecular weight excluding hydrogens is 915 g/mol. The third-order valence-corrected chi connectivity index (χ3v) is 9.83. The first-order valence-corrected chi connectivity index (χ1v) is 17.6. The number of hydrogen-bond donors (Lipinski definition) is 0. The van der Waals surface area contributed by atoms with Crippen LogP contribution in [-0.4, -0.2) is 16.9 Å². The molecule has 6 rings (SSSR count). The van der Waals surface area contributed by atoms with Gasteiger partial charge >= 0.3 is 0 Å². The van der Waals surface area contributed by atoms with Crippen molar-refractivity contribution in [3.05, 3.63) is 177 Å². The van der Waals surface area contributed by atoms with E-state index in [1.165, 1.54) is 0 Å². The van der Waals surface area contributed by atoms with Crippen molar-refractivity contribution in [1.82, 2.24) is 4.98 Å². The molecule has 0 aliphatic carbocycles. The van der Waals surface area contributed by atoms with Gasteiger partial charge in [0.15, 0.2) is 81.7 Å². The molecule has 6 aromatic rings. The fourth-order valence-electron chi connectivity index (χ4n) is 6.88. The summed E-state index contributed by atoms with van der Waals surface area (Å²) in [5.74, 6) is -71.3. The van der Waals surface area contributed by atoms with E-state index >= 15 is 35.1 Å². The number of unbranched alkanes of at least 4 members (excludes halogenated alkanes) is 1. The molecule has 338 valence electrons. The summed E-state index contributed by atoms with van der Waals surface area (Å²) in [6.07, 6.45) is 1.47. The van der Waals surface area contributed by atoms with Crippen LogP contribution in [0.1, 0.15) is 35.8 Å². The Balaban J connectivity index is 0.000000337. The maximum absolute atomic E-state index is 15.4. The third-order valence-electron chi connectivity index (χ3n) is 9.83. The van der Waals surface area contributed by atoms with Crippen LogP contribution in [0.4, 0.5) is 87.8 Å². The number of carbonyl (C=O) groups excluding carboxylic acids is 1. The molecule has 0 radical (unpaired) electrons. The first-order valence-electron chi connectivity index (χ1n) is 17.6. The van der Waals surface area contributed by atoms with E-state index in [1.54, 1.807) is 6.20 Å². The Morgan fingerprint density at radius 1 is 0.469 bits per heavy atom. The fraction of sp³-hybridized carbons (Fsp3) is 0.125. The van der Waals surface area contributed by atoms with Gasteiger partial charge in [0.25, 0.3) is 0 Å². The van der Waals surface area contributed by atoms with E-state index in [0.717, 1.165) is 30.5 Å². The van der Waals surface area contributed by atoms with Gasteiger partial charge in [-0.3, -0.25) is 9.78 Å². The molecule has 0 fully saturated rings. The lowest BCUT2D eigenvalue weighted by Crippen LogP contribution is -2.81. The average Bonchev–Trinajstić information content (AvgIpc) is 3.29. The standard InChI is InChI=1S/C24BF20.C16H19N2O/c26-5-1(6(27)14(35)21(42)13(5)34)25(2-7(28)15(36)22(43)16(37)8(2)29,3-9(30)17(38)23(44)18(39)10(3)31)4-11(32)19(40)24(45)20(41)12(4)33;1-2-3-9-15-12-17-10-11-18(15)13-16(19)14-7-5-4-6-8-14/h;4-8,10-12H,2-3,9,13H2,1H3/q-1;+1. The van der Waals surface area contributed by atoms with Gasteiger partial charge in [-0.05, 0) is 6.42 Å². The predicted molar refractivity (Wildman–Crippen MR) is 183 cm³/mol. The largest absolute Gasteiger partial charge is 0.287 e. The molecule has 0 unspecified atom stereocenters. The second kappa shape index (κ2) is 18.7. The van der Waals surface area contributed by atoms with Crippen molar-refractivity contribution in [2.75, 3.05) is 0 Å². The first kappa shape index (κ1) is 48.5. The lowest BCUT2D eigenvalue weighted by Gasteiger charge is -2.44. The lowest BCUT2D eigenvalue weighted by atomic mass is 9.12. The van der Waals surface area contributed by atoms with E-state index in [9.17, 15) is 57.5 Å². The number of ketones is 1. The van der Waals surface area contributed by atoms with Gasteiger partial charge in [-0.15, -0.1) is 21.9 Å². The molecule has 0 bridgehead atoms. The number of nitrogens with zero attached hydrogens (tertiary/aromatic N) is 2. The smallest absolute Gasteiger partial charge is 0.227 e. The normalized spacial score (nSPS) is 11.5. The fourth-order valence-corrected chi connectivity index (χ4v) is 6.88. The van der Waals surface area contributed by atoms with E-state index in [2.05, 4.69) is 11.9 Å². The van der Waals surface area contributed by atoms with Crippen molar-refractivity contribution >= 4 is 33.8 Å². The Morgan fingerprint density at radius 2 is 0.766 bits per heavy atom. The third kappa shape index (κ3) is 7.90. The molecule has 0 aliphatic heterocycles. The summed E-state index contributed by atoms with van der Waals surface area (Å²) >= 11 is 0. The summed E-state index contributed by atoms with van der Waals surface area (Å²) in [6.45, 7) is 2.54. The number of hydrogen-bond acceptors (Lipinski definition) is 2. The quantitative estimate of drug-likeness (QED) is 0.0346. The van der Waals surface area contributed by atoms with Crippen LogP contribution in [0.5, 0.6) is 0 Å². The molecule has 0 atom stereocenters. The Labute approximate surface area is 345 Å². The first-order chi connectivity index (χ1) is 30.0. The van der Waals surface area contributed by atoms with Crippen LogP contribution < -0.4 is 26.4 Å². The van der Waals surface area contributed by atoms with E-state index in [4.69, 9.17) is 0 Å². The topological polar surface area (TPSA) is 33.8 Å². The number of benzene rings is 5. The molecule has 64 heavy (non-hydrogen) atoms. The van der Waals surface area contributed by atoms with Gasteiger partial charge in [0.2, 0.25) is 12.3 Å². The summed E-state index contributed by atoms with van der Waals surface area (Å²) in [4.78, 5) is 16.3. The molecule has 5 aromatic carbocycles. The summed E-state index contributed by atoms with van der Waals surface area (Å²) < 4.78 is 296. The highest BCUT2D eigenvalue weighted by Gasteiger charge is 2.52. The number of aryl methyl sites for hydroxylation is 1. The van der Waals surface area contributed by atoms with E-state index in [-0.39, 0.29) is 5.78 Å². The highest BCUT2D eigenvalue weighted by atomic mass is 19.2. The van der Waals surface area contributed by atoms with Gasteiger partial charge in [-0.25, -0.2) is 87.8 Å². The Morgan fingerprint density at radius 3 is 1.06 bits per heavy atom. The highest BCUT2D eigenvalue weighted by molar-refractivity contribution is 7.20. The van der Waals surface area contributed by atoms with Crippen LogP contribution in [0, 0.1) is 116 Å². The summed E-state index contributed by atoms with van der Waals surface area (Å²) in [7, 11) is 0. The van der Waals surface area contributed by atoms with Crippen LogP contribution in [-0.2, 0) is 13.0 Å². The van der Waals surface area contributed by atoms with Crippen molar-refractivity contribution in [2.24, 2.45) is 0 Å². The van der Waals surface area contributed by atoms with Crippen LogP contribution in [0.15, 0.2) is 48.9 Å². The zero-order valence-electron chi connectivity index (χ0n) is 31.4. The van der Waals surface area contributed by atoms with Gasteiger partial charge in [0.05, 0.1) is 12.4 Å². The Hall–Kier alpha value is -6.49. The molecule has 0 spiro atoms. The number of halogens is 20. The van der Waals surface area contributed by atoms with Gasteiger partial charge in [0, 0.05) is 12.0 Å². The maximum Gasteiger partial charge on any atom is 0.227 e. The van der Waals surface area contributed by atoms with Gasteiger partial charge in [-0.2, -0.15) is 4.57 Å². The van der Waals surface area contributed by atoms with Gasteiger partial charge in [-0.1, -0.05) is 43.7 Å². The molecular formula is C40H19BF20N2O. The molecule has 24 heteroatoms. The zero-order valence-corrected chi connectivity index (χ0v) is 31.4. The monoisotopic (exact) mass is 934 g/mol.